The van der Waals surface area contributed by atoms with Crippen molar-refractivity contribution in [1.29, 1.82) is 0 Å². The fourth-order valence-electron chi connectivity index (χ4n) is 2.18. The maximum Gasteiger partial charge on any atom is 0.239 e. The number of hydrogen-bond acceptors (Lipinski definition) is 6. The van der Waals surface area contributed by atoms with E-state index in [1.165, 1.54) is 23.1 Å². The second kappa shape index (κ2) is 7.14. The van der Waals surface area contributed by atoms with Crippen LogP contribution in [-0.4, -0.2) is 30.9 Å². The fourth-order valence-corrected chi connectivity index (χ4v) is 3.53. The van der Waals surface area contributed by atoms with Gasteiger partial charge in [-0.15, -0.1) is 21.5 Å². The smallest absolute Gasteiger partial charge is 0.239 e. The summed E-state index contributed by atoms with van der Waals surface area (Å²) in [6.45, 7) is 3.89. The van der Waals surface area contributed by atoms with E-state index < -0.39 is 0 Å². The van der Waals surface area contributed by atoms with E-state index in [2.05, 4.69) is 20.5 Å². The highest BCUT2D eigenvalue weighted by Gasteiger charge is 2.20. The third-order valence-electron chi connectivity index (χ3n) is 3.53. The summed E-state index contributed by atoms with van der Waals surface area (Å²) >= 11 is 2.77. The molecule has 0 bridgehead atoms. The van der Waals surface area contributed by atoms with E-state index in [9.17, 15) is 4.79 Å². The number of amides is 1. The van der Waals surface area contributed by atoms with Gasteiger partial charge in [0.25, 0.3) is 0 Å². The molecule has 2 heterocycles. The molecule has 0 spiro atoms. The number of benzene rings is 1. The highest BCUT2D eigenvalue weighted by Crippen LogP contribution is 2.27. The molecule has 8 heteroatoms. The van der Waals surface area contributed by atoms with Crippen LogP contribution in [0.2, 0.25) is 0 Å². The molecular weight excluding hydrogens is 342 g/mol. The number of aromatic nitrogens is 4. The Morgan fingerprint density at radius 3 is 2.83 bits per heavy atom. The Kier molecular flexibility index (Phi) is 4.96. The van der Waals surface area contributed by atoms with Crippen LogP contribution in [0.4, 0.5) is 5.13 Å². The van der Waals surface area contributed by atoms with E-state index in [-0.39, 0.29) is 11.2 Å². The number of anilines is 1. The monoisotopic (exact) mass is 359 g/mol. The van der Waals surface area contributed by atoms with E-state index in [0.717, 1.165) is 17.0 Å². The third kappa shape index (κ3) is 3.49. The van der Waals surface area contributed by atoms with Crippen LogP contribution in [0, 0.1) is 6.92 Å². The number of nitrogens with zero attached hydrogens (tertiary/aromatic N) is 4. The minimum Gasteiger partial charge on any atom is -0.305 e. The summed E-state index contributed by atoms with van der Waals surface area (Å²) in [4.78, 5) is 16.3. The first-order valence-electron chi connectivity index (χ1n) is 7.38. The molecule has 2 aromatic heterocycles. The molecule has 0 aliphatic rings. The Bertz CT molecular complexity index is 844. The number of hydrogen-bond donors (Lipinski definition) is 1. The predicted molar refractivity (Wildman–Crippen MR) is 97.2 cm³/mol. The van der Waals surface area contributed by atoms with Gasteiger partial charge in [0.2, 0.25) is 5.91 Å². The molecule has 0 saturated carbocycles. The quantitative estimate of drug-likeness (QED) is 0.707. The van der Waals surface area contributed by atoms with Crippen LogP contribution in [0.15, 0.2) is 41.0 Å². The van der Waals surface area contributed by atoms with Crippen molar-refractivity contribution in [2.75, 3.05) is 5.32 Å². The number of thioether (sulfide) groups is 1. The van der Waals surface area contributed by atoms with Gasteiger partial charge in [0.05, 0.1) is 5.25 Å². The first kappa shape index (κ1) is 16.7. The van der Waals surface area contributed by atoms with Gasteiger partial charge in [-0.2, -0.15) is 0 Å². The Hall–Kier alpha value is -2.19. The lowest BCUT2D eigenvalue weighted by Crippen LogP contribution is -2.22. The highest BCUT2D eigenvalue weighted by atomic mass is 32.2. The zero-order valence-corrected chi connectivity index (χ0v) is 15.2. The van der Waals surface area contributed by atoms with Crippen LogP contribution in [0.1, 0.15) is 12.5 Å². The SMILES string of the molecule is Cc1ccccc1-c1nnc(S[C@H](C)C(=O)Nc2nccs2)n1C. The highest BCUT2D eigenvalue weighted by molar-refractivity contribution is 8.00. The minimum atomic E-state index is -0.304. The molecule has 1 N–H and O–H groups in total. The molecule has 0 aliphatic heterocycles. The summed E-state index contributed by atoms with van der Waals surface area (Å²) in [7, 11) is 1.91. The van der Waals surface area contributed by atoms with Crippen LogP contribution in [0.25, 0.3) is 11.4 Å². The average Bonchev–Trinajstić information content (AvgIpc) is 3.19. The lowest BCUT2D eigenvalue weighted by Gasteiger charge is -2.10. The van der Waals surface area contributed by atoms with Gasteiger partial charge < -0.3 is 9.88 Å². The average molecular weight is 359 g/mol. The van der Waals surface area contributed by atoms with Gasteiger partial charge in [0.15, 0.2) is 16.1 Å². The molecule has 3 aromatic rings. The van der Waals surface area contributed by atoms with E-state index in [1.807, 2.05) is 55.1 Å². The summed E-state index contributed by atoms with van der Waals surface area (Å²) < 4.78 is 1.92. The molecule has 6 nitrogen and oxygen atoms in total. The van der Waals surface area contributed by atoms with E-state index in [1.54, 1.807) is 6.20 Å². The molecular formula is C16H17N5OS2. The number of aryl methyl sites for hydroxylation is 1. The number of rotatable bonds is 5. The molecule has 0 radical (unpaired) electrons. The van der Waals surface area contributed by atoms with Gasteiger partial charge in [0.1, 0.15) is 0 Å². The van der Waals surface area contributed by atoms with Gasteiger partial charge in [-0.25, -0.2) is 4.98 Å². The van der Waals surface area contributed by atoms with Crippen molar-refractivity contribution >= 4 is 34.1 Å². The van der Waals surface area contributed by atoms with Gasteiger partial charge in [0, 0.05) is 24.2 Å². The standard InChI is InChI=1S/C16H17N5OS2/c1-10-6-4-5-7-12(10)13-19-20-16(21(13)3)24-11(2)14(22)18-15-17-8-9-23-15/h4-9,11H,1-3H3,(H,17,18,22)/t11-/m1/s1. The number of carbonyl (C=O) groups excluding carboxylic acids is 1. The second-order valence-electron chi connectivity index (χ2n) is 5.27. The van der Waals surface area contributed by atoms with E-state index in [0.29, 0.717) is 10.3 Å². The Morgan fingerprint density at radius 1 is 1.33 bits per heavy atom. The summed E-state index contributed by atoms with van der Waals surface area (Å²) in [5.41, 5.74) is 2.18. The number of thiazole rings is 1. The molecule has 3 rings (SSSR count). The van der Waals surface area contributed by atoms with Crippen LogP contribution < -0.4 is 5.32 Å². The van der Waals surface area contributed by atoms with Gasteiger partial charge in [-0.05, 0) is 19.4 Å². The Labute approximate surface area is 148 Å². The summed E-state index contributed by atoms with van der Waals surface area (Å²) in [5.74, 6) is 0.693. The van der Waals surface area contributed by atoms with Gasteiger partial charge in [-0.1, -0.05) is 36.0 Å². The van der Waals surface area contributed by atoms with Crippen molar-refractivity contribution in [3.05, 3.63) is 41.4 Å². The van der Waals surface area contributed by atoms with Crippen molar-refractivity contribution in [2.24, 2.45) is 7.05 Å². The molecule has 0 fully saturated rings. The summed E-state index contributed by atoms with van der Waals surface area (Å²) in [6.07, 6.45) is 1.66. The Morgan fingerprint density at radius 2 is 2.12 bits per heavy atom. The minimum absolute atomic E-state index is 0.101. The fraction of sp³-hybridized carbons (Fsp3) is 0.250. The molecule has 0 aliphatic carbocycles. The largest absolute Gasteiger partial charge is 0.305 e. The van der Waals surface area contributed by atoms with Crippen LogP contribution in [0.5, 0.6) is 0 Å². The molecule has 124 valence electrons. The molecule has 0 saturated heterocycles. The number of nitrogens with one attached hydrogen (secondary N) is 1. The van der Waals surface area contributed by atoms with Gasteiger partial charge in [-0.3, -0.25) is 4.79 Å². The molecule has 1 amide bonds. The van der Waals surface area contributed by atoms with Crippen LogP contribution >= 0.6 is 23.1 Å². The van der Waals surface area contributed by atoms with Crippen LogP contribution in [0.3, 0.4) is 0 Å². The zero-order chi connectivity index (χ0) is 17.1. The van der Waals surface area contributed by atoms with Crippen molar-refractivity contribution in [3.8, 4) is 11.4 Å². The normalized spacial score (nSPS) is 12.1. The molecule has 24 heavy (non-hydrogen) atoms. The lowest BCUT2D eigenvalue weighted by molar-refractivity contribution is -0.115. The van der Waals surface area contributed by atoms with Crippen molar-refractivity contribution in [1.82, 2.24) is 19.7 Å². The predicted octanol–water partition coefficient (Wildman–Crippen LogP) is 3.37. The second-order valence-corrected chi connectivity index (χ2v) is 7.47. The van der Waals surface area contributed by atoms with E-state index in [4.69, 9.17) is 0 Å². The summed E-state index contributed by atoms with van der Waals surface area (Å²) in [5, 5.41) is 14.1. The van der Waals surface area contributed by atoms with Crippen molar-refractivity contribution in [3.63, 3.8) is 0 Å². The molecule has 0 unspecified atom stereocenters. The maximum atomic E-state index is 12.2. The van der Waals surface area contributed by atoms with Crippen molar-refractivity contribution in [2.45, 2.75) is 24.3 Å². The van der Waals surface area contributed by atoms with Crippen LogP contribution in [-0.2, 0) is 11.8 Å². The maximum absolute atomic E-state index is 12.2. The third-order valence-corrected chi connectivity index (χ3v) is 5.36. The van der Waals surface area contributed by atoms with Crippen molar-refractivity contribution < 1.29 is 4.79 Å². The summed E-state index contributed by atoms with van der Waals surface area (Å²) in [6, 6.07) is 8.04. The molecule has 1 atom stereocenters. The Balaban J connectivity index is 1.74. The van der Waals surface area contributed by atoms with Gasteiger partial charge >= 0.3 is 0 Å². The topological polar surface area (TPSA) is 72.7 Å². The first-order valence-corrected chi connectivity index (χ1v) is 9.14. The first-order chi connectivity index (χ1) is 11.6. The zero-order valence-electron chi connectivity index (χ0n) is 13.6. The van der Waals surface area contributed by atoms with E-state index >= 15 is 0 Å². The molecule has 1 aromatic carbocycles. The lowest BCUT2D eigenvalue weighted by atomic mass is 10.1. The number of carbonyl (C=O) groups is 1.